The molecule has 0 aromatic rings. The first kappa shape index (κ1) is 18.2. The van der Waals surface area contributed by atoms with E-state index in [1.165, 1.54) is 0 Å². The van der Waals surface area contributed by atoms with Crippen molar-refractivity contribution in [2.75, 3.05) is 11.5 Å². The molecule has 1 aliphatic carbocycles. The van der Waals surface area contributed by atoms with Crippen molar-refractivity contribution in [2.45, 2.75) is 64.3 Å². The van der Waals surface area contributed by atoms with Crippen molar-refractivity contribution in [3.8, 4) is 0 Å². The second kappa shape index (κ2) is 9.16. The molecule has 3 nitrogen and oxygen atoms in total. The molecule has 0 aliphatic heterocycles. The summed E-state index contributed by atoms with van der Waals surface area (Å²) in [6.07, 6.45) is 8.17. The summed E-state index contributed by atoms with van der Waals surface area (Å²) in [5, 5.41) is 0. The van der Waals surface area contributed by atoms with E-state index in [0.29, 0.717) is 23.5 Å². The second-order valence-corrected chi connectivity index (χ2v) is 7.68. The van der Waals surface area contributed by atoms with Gasteiger partial charge in [-0.3, -0.25) is 0 Å². The highest BCUT2D eigenvalue weighted by molar-refractivity contribution is 7.91. The SMILES string of the molecule is CCCCCCS(=O)(=O)CC1CCC(N)CC1.Cl. The van der Waals surface area contributed by atoms with Crippen LogP contribution in [0.5, 0.6) is 0 Å². The Kier molecular flexibility index (Phi) is 9.26. The normalized spacial score (nSPS) is 24.6. The van der Waals surface area contributed by atoms with E-state index in [4.69, 9.17) is 5.73 Å². The van der Waals surface area contributed by atoms with Crippen molar-refractivity contribution < 1.29 is 8.42 Å². The lowest BCUT2D eigenvalue weighted by molar-refractivity contribution is 0.348. The summed E-state index contributed by atoms with van der Waals surface area (Å²) in [6, 6.07) is 0.304. The molecule has 1 rings (SSSR count). The van der Waals surface area contributed by atoms with Crippen molar-refractivity contribution in [3.05, 3.63) is 0 Å². The van der Waals surface area contributed by atoms with E-state index in [0.717, 1.165) is 51.4 Å². The summed E-state index contributed by atoms with van der Waals surface area (Å²) < 4.78 is 23.8. The smallest absolute Gasteiger partial charge is 0.150 e. The van der Waals surface area contributed by atoms with Crippen LogP contribution in [0.3, 0.4) is 0 Å². The van der Waals surface area contributed by atoms with Crippen molar-refractivity contribution in [1.82, 2.24) is 0 Å². The van der Waals surface area contributed by atoms with Gasteiger partial charge in [0.2, 0.25) is 0 Å². The number of halogens is 1. The van der Waals surface area contributed by atoms with Crippen molar-refractivity contribution in [3.63, 3.8) is 0 Å². The molecular weight excluding hydrogens is 270 g/mol. The zero-order chi connectivity index (χ0) is 12.7. The highest BCUT2D eigenvalue weighted by Gasteiger charge is 2.23. The van der Waals surface area contributed by atoms with Gasteiger partial charge in [0.1, 0.15) is 0 Å². The predicted molar refractivity (Wildman–Crippen MR) is 80.0 cm³/mol. The highest BCUT2D eigenvalue weighted by atomic mass is 35.5. The van der Waals surface area contributed by atoms with Gasteiger partial charge in [-0.05, 0) is 38.0 Å². The van der Waals surface area contributed by atoms with Gasteiger partial charge in [-0.1, -0.05) is 26.2 Å². The molecule has 0 radical (unpaired) electrons. The molecule has 0 amide bonds. The molecule has 0 aromatic heterocycles. The average molecular weight is 298 g/mol. The van der Waals surface area contributed by atoms with Gasteiger partial charge in [0, 0.05) is 6.04 Å². The number of rotatable bonds is 7. The minimum Gasteiger partial charge on any atom is -0.328 e. The van der Waals surface area contributed by atoms with Gasteiger partial charge in [0.05, 0.1) is 11.5 Å². The largest absolute Gasteiger partial charge is 0.328 e. The standard InChI is InChI=1S/C13H27NO2S.ClH/c1-2-3-4-5-10-17(15,16)11-12-6-8-13(14)9-7-12;/h12-13H,2-11,14H2,1H3;1H. The maximum absolute atomic E-state index is 11.9. The fraction of sp³-hybridized carbons (Fsp3) is 1.00. The topological polar surface area (TPSA) is 60.2 Å². The molecule has 0 unspecified atom stereocenters. The van der Waals surface area contributed by atoms with Gasteiger partial charge in [0.15, 0.2) is 9.84 Å². The fourth-order valence-electron chi connectivity index (χ4n) is 2.55. The number of sulfone groups is 1. The number of hydrogen-bond acceptors (Lipinski definition) is 3. The minimum absolute atomic E-state index is 0. The Morgan fingerprint density at radius 2 is 1.67 bits per heavy atom. The van der Waals surface area contributed by atoms with Gasteiger partial charge in [-0.25, -0.2) is 8.42 Å². The Labute approximate surface area is 118 Å². The third-order valence-electron chi connectivity index (χ3n) is 3.69. The molecular formula is C13H28ClNO2S. The summed E-state index contributed by atoms with van der Waals surface area (Å²) in [5.74, 6) is 1.15. The molecule has 0 aromatic carbocycles. The van der Waals surface area contributed by atoms with Crippen LogP contribution in [-0.2, 0) is 9.84 Å². The van der Waals surface area contributed by atoms with Crippen LogP contribution in [0.4, 0.5) is 0 Å². The van der Waals surface area contributed by atoms with Crippen LogP contribution < -0.4 is 5.73 Å². The summed E-state index contributed by atoms with van der Waals surface area (Å²) in [6.45, 7) is 2.14. The molecule has 1 fully saturated rings. The van der Waals surface area contributed by atoms with E-state index in [2.05, 4.69) is 6.92 Å². The van der Waals surface area contributed by atoms with E-state index in [-0.39, 0.29) is 12.4 Å². The van der Waals surface area contributed by atoms with Gasteiger partial charge >= 0.3 is 0 Å². The maximum Gasteiger partial charge on any atom is 0.150 e. The molecule has 110 valence electrons. The second-order valence-electron chi connectivity index (χ2n) is 5.46. The first-order valence-corrected chi connectivity index (χ1v) is 8.81. The van der Waals surface area contributed by atoms with Crippen molar-refractivity contribution >= 4 is 22.2 Å². The molecule has 1 saturated carbocycles. The first-order chi connectivity index (χ1) is 8.03. The Balaban J connectivity index is 0.00000289. The van der Waals surface area contributed by atoms with E-state index < -0.39 is 9.84 Å². The third-order valence-corrected chi connectivity index (χ3v) is 5.58. The summed E-state index contributed by atoms with van der Waals surface area (Å²) in [4.78, 5) is 0. The van der Waals surface area contributed by atoms with E-state index in [1.54, 1.807) is 0 Å². The number of nitrogens with two attached hydrogens (primary N) is 1. The van der Waals surface area contributed by atoms with Crippen LogP contribution in [-0.4, -0.2) is 26.0 Å². The van der Waals surface area contributed by atoms with Crippen molar-refractivity contribution in [1.29, 1.82) is 0 Å². The lowest BCUT2D eigenvalue weighted by Gasteiger charge is -2.25. The molecule has 0 atom stereocenters. The van der Waals surface area contributed by atoms with E-state index in [9.17, 15) is 8.42 Å². The maximum atomic E-state index is 11.9. The van der Waals surface area contributed by atoms with Gasteiger partial charge in [-0.2, -0.15) is 0 Å². The summed E-state index contributed by atoms with van der Waals surface area (Å²) in [7, 11) is -2.82. The zero-order valence-corrected chi connectivity index (χ0v) is 13.1. The number of unbranched alkanes of at least 4 members (excludes halogenated alkanes) is 3. The Morgan fingerprint density at radius 1 is 1.06 bits per heavy atom. The van der Waals surface area contributed by atoms with Crippen LogP contribution in [0.1, 0.15) is 58.3 Å². The quantitative estimate of drug-likeness (QED) is 0.735. The lowest BCUT2D eigenvalue weighted by atomic mass is 9.88. The van der Waals surface area contributed by atoms with Crippen LogP contribution >= 0.6 is 12.4 Å². The fourth-order valence-corrected chi connectivity index (χ4v) is 4.41. The summed E-state index contributed by atoms with van der Waals surface area (Å²) >= 11 is 0. The lowest BCUT2D eigenvalue weighted by Crippen LogP contribution is -2.30. The molecule has 0 saturated heterocycles. The monoisotopic (exact) mass is 297 g/mol. The van der Waals surface area contributed by atoms with Crippen molar-refractivity contribution in [2.24, 2.45) is 11.7 Å². The Hall–Kier alpha value is 0.200. The Morgan fingerprint density at radius 3 is 2.22 bits per heavy atom. The molecule has 0 spiro atoms. The third kappa shape index (κ3) is 7.59. The van der Waals surface area contributed by atoms with Gasteiger partial charge in [-0.15, -0.1) is 12.4 Å². The van der Waals surface area contributed by atoms with E-state index in [1.807, 2.05) is 0 Å². The van der Waals surface area contributed by atoms with Crippen LogP contribution in [0.2, 0.25) is 0 Å². The first-order valence-electron chi connectivity index (χ1n) is 6.99. The zero-order valence-electron chi connectivity index (χ0n) is 11.4. The summed E-state index contributed by atoms with van der Waals surface area (Å²) in [5.41, 5.74) is 5.82. The van der Waals surface area contributed by atoms with Gasteiger partial charge in [0.25, 0.3) is 0 Å². The minimum atomic E-state index is -2.82. The van der Waals surface area contributed by atoms with E-state index >= 15 is 0 Å². The van der Waals surface area contributed by atoms with Gasteiger partial charge < -0.3 is 5.73 Å². The molecule has 0 heterocycles. The highest BCUT2D eigenvalue weighted by Crippen LogP contribution is 2.24. The Bertz CT molecular complexity index is 298. The molecule has 5 heteroatoms. The van der Waals surface area contributed by atoms with Crippen LogP contribution in [0.25, 0.3) is 0 Å². The van der Waals surface area contributed by atoms with Crippen LogP contribution in [0.15, 0.2) is 0 Å². The van der Waals surface area contributed by atoms with Crippen LogP contribution in [0, 0.1) is 5.92 Å². The predicted octanol–water partition coefficient (Wildman–Crippen LogP) is 2.92. The molecule has 2 N–H and O–H groups in total. The molecule has 1 aliphatic rings. The number of hydrogen-bond donors (Lipinski definition) is 1. The molecule has 0 bridgehead atoms. The molecule has 18 heavy (non-hydrogen) atoms. The average Bonchev–Trinajstić information content (AvgIpc) is 2.27.